The summed E-state index contributed by atoms with van der Waals surface area (Å²) in [5, 5.41) is 9.38. The first-order valence-corrected chi connectivity index (χ1v) is 5.54. The van der Waals surface area contributed by atoms with Gasteiger partial charge in [0.1, 0.15) is 5.76 Å². The lowest BCUT2D eigenvalue weighted by atomic mass is 9.69. The Kier molecular flexibility index (Phi) is 2.74. The van der Waals surface area contributed by atoms with Crippen molar-refractivity contribution in [1.29, 1.82) is 0 Å². The maximum atomic E-state index is 9.38. The highest BCUT2D eigenvalue weighted by atomic mass is 16.4. The Bertz CT molecular complexity index is 323. The van der Waals surface area contributed by atoms with Gasteiger partial charge in [-0.05, 0) is 25.8 Å². The Morgan fingerprint density at radius 1 is 1.47 bits per heavy atom. The van der Waals surface area contributed by atoms with Crippen LogP contribution in [0.25, 0.3) is 0 Å². The molecule has 1 aliphatic rings. The summed E-state index contributed by atoms with van der Waals surface area (Å²) >= 11 is 0. The van der Waals surface area contributed by atoms with Gasteiger partial charge in [0.25, 0.3) is 0 Å². The molecule has 0 aromatic carbocycles. The van der Waals surface area contributed by atoms with E-state index >= 15 is 0 Å². The van der Waals surface area contributed by atoms with Crippen LogP contribution in [0.4, 0.5) is 5.88 Å². The van der Waals surface area contributed by atoms with E-state index in [1.165, 1.54) is 6.42 Å². The number of aliphatic hydroxyl groups is 1. The number of aryl methyl sites for hydroxylation is 1. The number of rotatable bonds is 4. The minimum atomic E-state index is 0.120. The van der Waals surface area contributed by atoms with Gasteiger partial charge in [0.2, 0.25) is 0 Å². The molecular formula is C12H19NO2. The fourth-order valence-electron chi connectivity index (χ4n) is 2.25. The Hall–Kier alpha value is -0.960. The summed E-state index contributed by atoms with van der Waals surface area (Å²) in [4.78, 5) is 2.10. The van der Waals surface area contributed by atoms with Gasteiger partial charge in [0.15, 0.2) is 5.88 Å². The normalized spacial score (nSPS) is 18.6. The average molecular weight is 209 g/mol. The number of nitrogens with zero attached hydrogens (tertiary/aromatic N) is 1. The predicted octanol–water partition coefficient (Wildman–Crippen LogP) is 2.19. The number of aliphatic hydroxyl groups excluding tert-OH is 1. The van der Waals surface area contributed by atoms with E-state index in [0.717, 1.165) is 31.0 Å². The molecule has 3 nitrogen and oxygen atoms in total. The molecule has 1 aromatic rings. The van der Waals surface area contributed by atoms with Crippen LogP contribution in [0.2, 0.25) is 0 Å². The minimum Gasteiger partial charge on any atom is -0.446 e. The molecule has 0 unspecified atom stereocenters. The van der Waals surface area contributed by atoms with Crippen molar-refractivity contribution in [3.63, 3.8) is 0 Å². The van der Waals surface area contributed by atoms with E-state index in [9.17, 15) is 5.11 Å². The first kappa shape index (κ1) is 10.6. The molecule has 0 saturated heterocycles. The van der Waals surface area contributed by atoms with Crippen molar-refractivity contribution in [2.24, 2.45) is 5.41 Å². The lowest BCUT2D eigenvalue weighted by Gasteiger charge is -2.42. The Morgan fingerprint density at radius 3 is 2.60 bits per heavy atom. The molecule has 0 aliphatic heterocycles. The molecule has 3 heteroatoms. The summed E-state index contributed by atoms with van der Waals surface area (Å²) in [6.45, 7) is 3.12. The van der Waals surface area contributed by atoms with Crippen molar-refractivity contribution in [1.82, 2.24) is 0 Å². The van der Waals surface area contributed by atoms with Crippen molar-refractivity contribution >= 4 is 5.88 Å². The molecule has 84 valence electrons. The van der Waals surface area contributed by atoms with Gasteiger partial charge in [-0.3, -0.25) is 0 Å². The maximum absolute atomic E-state index is 9.38. The summed E-state index contributed by atoms with van der Waals surface area (Å²) in [5.41, 5.74) is 0.120. The van der Waals surface area contributed by atoms with Crippen LogP contribution < -0.4 is 4.90 Å². The third-order valence-electron chi connectivity index (χ3n) is 3.42. The van der Waals surface area contributed by atoms with Crippen LogP contribution in [0, 0.1) is 12.3 Å². The topological polar surface area (TPSA) is 36.6 Å². The van der Waals surface area contributed by atoms with Crippen LogP contribution in [0.5, 0.6) is 0 Å². The summed E-state index contributed by atoms with van der Waals surface area (Å²) in [7, 11) is 2.02. The first-order chi connectivity index (χ1) is 7.15. The SMILES string of the molecule is Cc1ccc(N(C)CC2(CO)CCC2)o1. The van der Waals surface area contributed by atoms with E-state index in [1.807, 2.05) is 26.1 Å². The second-order valence-corrected chi connectivity index (χ2v) is 4.75. The van der Waals surface area contributed by atoms with Gasteiger partial charge in [0, 0.05) is 25.1 Å². The monoisotopic (exact) mass is 209 g/mol. The molecule has 1 N–H and O–H groups in total. The van der Waals surface area contributed by atoms with Crippen molar-refractivity contribution < 1.29 is 9.52 Å². The molecule has 0 bridgehead atoms. The number of hydrogen-bond donors (Lipinski definition) is 1. The summed E-state index contributed by atoms with van der Waals surface area (Å²) in [5.74, 6) is 1.83. The van der Waals surface area contributed by atoms with E-state index < -0.39 is 0 Å². The highest BCUT2D eigenvalue weighted by molar-refractivity contribution is 5.35. The van der Waals surface area contributed by atoms with Gasteiger partial charge in [-0.1, -0.05) is 6.42 Å². The summed E-state index contributed by atoms with van der Waals surface area (Å²) in [6.07, 6.45) is 3.51. The second-order valence-electron chi connectivity index (χ2n) is 4.75. The van der Waals surface area contributed by atoms with Crippen LogP contribution in [0.1, 0.15) is 25.0 Å². The molecule has 1 aliphatic carbocycles. The Morgan fingerprint density at radius 2 is 2.20 bits per heavy atom. The maximum Gasteiger partial charge on any atom is 0.195 e. The quantitative estimate of drug-likeness (QED) is 0.825. The lowest BCUT2D eigenvalue weighted by molar-refractivity contribution is 0.0517. The van der Waals surface area contributed by atoms with Gasteiger partial charge in [-0.15, -0.1) is 0 Å². The molecule has 15 heavy (non-hydrogen) atoms. The van der Waals surface area contributed by atoms with Gasteiger partial charge in [-0.2, -0.15) is 0 Å². The van der Waals surface area contributed by atoms with Crippen LogP contribution >= 0.6 is 0 Å². The summed E-state index contributed by atoms with van der Waals surface area (Å²) < 4.78 is 5.55. The molecule has 0 amide bonds. The number of hydrogen-bond acceptors (Lipinski definition) is 3. The molecule has 0 atom stereocenters. The average Bonchev–Trinajstić information content (AvgIpc) is 2.58. The predicted molar refractivity (Wildman–Crippen MR) is 60.1 cm³/mol. The van der Waals surface area contributed by atoms with Crippen LogP contribution in [0.3, 0.4) is 0 Å². The number of furan rings is 1. The smallest absolute Gasteiger partial charge is 0.195 e. The van der Waals surface area contributed by atoms with Gasteiger partial charge >= 0.3 is 0 Å². The van der Waals surface area contributed by atoms with Crippen molar-refractivity contribution in [2.45, 2.75) is 26.2 Å². The highest BCUT2D eigenvalue weighted by Gasteiger charge is 2.37. The van der Waals surface area contributed by atoms with Gasteiger partial charge in [0.05, 0.1) is 6.61 Å². The number of anilines is 1. The van der Waals surface area contributed by atoms with E-state index in [1.54, 1.807) is 0 Å². The fraction of sp³-hybridized carbons (Fsp3) is 0.667. The zero-order valence-electron chi connectivity index (χ0n) is 9.49. The largest absolute Gasteiger partial charge is 0.446 e. The molecule has 0 spiro atoms. The second kappa shape index (κ2) is 3.89. The van der Waals surface area contributed by atoms with E-state index in [2.05, 4.69) is 4.90 Å². The van der Waals surface area contributed by atoms with Crippen molar-refractivity contribution in [3.8, 4) is 0 Å². The van der Waals surface area contributed by atoms with E-state index in [0.29, 0.717) is 0 Å². The standard InChI is InChI=1S/C12H19NO2/c1-10-4-5-11(15-10)13(2)8-12(9-14)6-3-7-12/h4-5,14H,3,6-9H2,1-2H3. The lowest BCUT2D eigenvalue weighted by Crippen LogP contribution is -2.43. The van der Waals surface area contributed by atoms with Crippen LogP contribution in [0.15, 0.2) is 16.5 Å². The molecule has 1 fully saturated rings. The van der Waals surface area contributed by atoms with E-state index in [-0.39, 0.29) is 12.0 Å². The van der Waals surface area contributed by atoms with Crippen LogP contribution in [-0.2, 0) is 0 Å². The first-order valence-electron chi connectivity index (χ1n) is 5.54. The fourth-order valence-corrected chi connectivity index (χ4v) is 2.25. The third-order valence-corrected chi connectivity index (χ3v) is 3.42. The molecular weight excluding hydrogens is 190 g/mol. The highest BCUT2D eigenvalue weighted by Crippen LogP contribution is 2.41. The third kappa shape index (κ3) is 2.02. The van der Waals surface area contributed by atoms with Crippen LogP contribution in [-0.4, -0.2) is 25.3 Å². The molecule has 1 heterocycles. The zero-order chi connectivity index (χ0) is 10.9. The Labute approximate surface area is 90.7 Å². The molecule has 1 aromatic heterocycles. The van der Waals surface area contributed by atoms with E-state index in [4.69, 9.17) is 4.42 Å². The van der Waals surface area contributed by atoms with Crippen molar-refractivity contribution in [3.05, 3.63) is 17.9 Å². The molecule has 2 rings (SSSR count). The summed E-state index contributed by atoms with van der Waals surface area (Å²) in [6, 6.07) is 3.96. The molecule has 0 radical (unpaired) electrons. The zero-order valence-corrected chi connectivity index (χ0v) is 9.49. The van der Waals surface area contributed by atoms with Crippen molar-refractivity contribution in [2.75, 3.05) is 25.1 Å². The minimum absolute atomic E-state index is 0.120. The Balaban J connectivity index is 1.99. The van der Waals surface area contributed by atoms with Gasteiger partial charge < -0.3 is 14.4 Å². The van der Waals surface area contributed by atoms with Gasteiger partial charge in [-0.25, -0.2) is 0 Å². The molecule has 1 saturated carbocycles.